The Hall–Kier alpha value is -3.52. The molecule has 1 amide bonds. The fraction of sp³-hybridized carbons (Fsp3) is 0.208. The van der Waals surface area contributed by atoms with Gasteiger partial charge < -0.3 is 14.8 Å². The molecule has 0 saturated heterocycles. The van der Waals surface area contributed by atoms with Crippen LogP contribution < -0.4 is 19.5 Å². The van der Waals surface area contributed by atoms with Crippen LogP contribution in [-0.4, -0.2) is 27.5 Å². The molecule has 0 saturated carbocycles. The average Bonchev–Trinajstić information content (AvgIpc) is 2.77. The standard InChI is InChI=1S/C24H26N2O5S/c1-16-5-6-20(15-17(16)2)26-32(28,29)23-13-7-19(8-14-23)25-24(27)18(3)31-22-11-9-21(30-4)10-12-22/h5-15,18,26H,1-4H3,(H,25,27). The summed E-state index contributed by atoms with van der Waals surface area (Å²) in [6, 6.07) is 18.2. The molecule has 2 N–H and O–H groups in total. The molecule has 0 fully saturated rings. The van der Waals surface area contributed by atoms with Crippen LogP contribution in [0, 0.1) is 13.8 Å². The number of hydrogen-bond acceptors (Lipinski definition) is 5. The Labute approximate surface area is 188 Å². The van der Waals surface area contributed by atoms with Gasteiger partial charge in [-0.05, 0) is 92.6 Å². The highest BCUT2D eigenvalue weighted by Crippen LogP contribution is 2.21. The van der Waals surface area contributed by atoms with Gasteiger partial charge in [0, 0.05) is 11.4 Å². The molecule has 0 aliphatic carbocycles. The number of nitrogens with one attached hydrogen (secondary N) is 2. The molecule has 0 aliphatic rings. The van der Waals surface area contributed by atoms with Gasteiger partial charge in [-0.15, -0.1) is 0 Å². The third-order valence-corrected chi connectivity index (χ3v) is 6.33. The van der Waals surface area contributed by atoms with Crippen molar-refractivity contribution in [3.63, 3.8) is 0 Å². The number of carbonyl (C=O) groups is 1. The summed E-state index contributed by atoms with van der Waals surface area (Å²) in [5, 5.41) is 2.72. The number of sulfonamides is 1. The smallest absolute Gasteiger partial charge is 0.265 e. The van der Waals surface area contributed by atoms with Gasteiger partial charge in [-0.1, -0.05) is 6.07 Å². The quantitative estimate of drug-likeness (QED) is 0.522. The van der Waals surface area contributed by atoms with E-state index in [4.69, 9.17) is 9.47 Å². The Kier molecular flexibility index (Phi) is 7.05. The first-order valence-corrected chi connectivity index (χ1v) is 11.5. The lowest BCUT2D eigenvalue weighted by Crippen LogP contribution is -2.30. The first-order valence-electron chi connectivity index (χ1n) is 9.99. The van der Waals surface area contributed by atoms with Crippen LogP contribution in [0.4, 0.5) is 11.4 Å². The van der Waals surface area contributed by atoms with Crippen LogP contribution in [0.15, 0.2) is 71.6 Å². The highest BCUT2D eigenvalue weighted by atomic mass is 32.2. The third kappa shape index (κ3) is 5.79. The van der Waals surface area contributed by atoms with Gasteiger partial charge in [0.1, 0.15) is 11.5 Å². The van der Waals surface area contributed by atoms with Crippen LogP contribution >= 0.6 is 0 Å². The number of ether oxygens (including phenoxy) is 2. The lowest BCUT2D eigenvalue weighted by molar-refractivity contribution is -0.122. The minimum absolute atomic E-state index is 0.0938. The van der Waals surface area contributed by atoms with E-state index in [2.05, 4.69) is 10.0 Å². The molecule has 0 aliphatic heterocycles. The van der Waals surface area contributed by atoms with E-state index in [1.807, 2.05) is 19.9 Å². The Bertz CT molecular complexity index is 1190. The Balaban J connectivity index is 1.62. The van der Waals surface area contributed by atoms with Gasteiger partial charge in [-0.2, -0.15) is 0 Å². The number of carbonyl (C=O) groups excluding carboxylic acids is 1. The van der Waals surface area contributed by atoms with Gasteiger partial charge in [-0.3, -0.25) is 9.52 Å². The predicted octanol–water partition coefficient (Wildman–Crippen LogP) is 4.52. The topological polar surface area (TPSA) is 93.7 Å². The average molecular weight is 455 g/mol. The summed E-state index contributed by atoms with van der Waals surface area (Å²) in [6.45, 7) is 5.51. The van der Waals surface area contributed by atoms with Crippen LogP contribution in [0.2, 0.25) is 0 Å². The molecule has 3 aromatic rings. The second kappa shape index (κ2) is 9.74. The van der Waals surface area contributed by atoms with Gasteiger partial charge >= 0.3 is 0 Å². The second-order valence-corrected chi connectivity index (χ2v) is 9.04. The van der Waals surface area contributed by atoms with Crippen molar-refractivity contribution < 1.29 is 22.7 Å². The van der Waals surface area contributed by atoms with Crippen molar-refractivity contribution in [2.24, 2.45) is 0 Å². The largest absolute Gasteiger partial charge is 0.497 e. The molecule has 0 aromatic heterocycles. The molecular weight excluding hydrogens is 428 g/mol. The van der Waals surface area contributed by atoms with E-state index in [1.165, 1.54) is 24.3 Å². The fourth-order valence-corrected chi connectivity index (χ4v) is 3.94. The summed E-state index contributed by atoms with van der Waals surface area (Å²) in [6.07, 6.45) is -0.752. The highest BCUT2D eigenvalue weighted by molar-refractivity contribution is 7.92. The van der Waals surface area contributed by atoms with Gasteiger partial charge in [0.25, 0.3) is 15.9 Å². The van der Waals surface area contributed by atoms with Gasteiger partial charge in [-0.25, -0.2) is 8.42 Å². The molecular formula is C24H26N2O5S. The van der Waals surface area contributed by atoms with Crippen molar-refractivity contribution in [1.29, 1.82) is 0 Å². The van der Waals surface area contributed by atoms with Crippen molar-refractivity contribution in [1.82, 2.24) is 0 Å². The first kappa shape index (κ1) is 23.1. The minimum Gasteiger partial charge on any atom is -0.497 e. The van der Waals surface area contributed by atoms with E-state index < -0.39 is 16.1 Å². The Morgan fingerprint density at radius 3 is 2.03 bits per heavy atom. The zero-order chi connectivity index (χ0) is 23.3. The number of benzene rings is 3. The van der Waals surface area contributed by atoms with E-state index >= 15 is 0 Å². The molecule has 168 valence electrons. The molecule has 3 rings (SSSR count). The van der Waals surface area contributed by atoms with E-state index in [1.54, 1.807) is 50.4 Å². The molecule has 32 heavy (non-hydrogen) atoms. The van der Waals surface area contributed by atoms with Crippen molar-refractivity contribution in [2.75, 3.05) is 17.1 Å². The summed E-state index contributed by atoms with van der Waals surface area (Å²) in [7, 11) is -2.18. The lowest BCUT2D eigenvalue weighted by Gasteiger charge is -2.15. The molecule has 0 radical (unpaired) electrons. The summed E-state index contributed by atoms with van der Waals surface area (Å²) >= 11 is 0. The summed E-state index contributed by atoms with van der Waals surface area (Å²) < 4.78 is 38.6. The maximum Gasteiger partial charge on any atom is 0.265 e. The van der Waals surface area contributed by atoms with Crippen LogP contribution in [0.25, 0.3) is 0 Å². The van der Waals surface area contributed by atoms with Crippen LogP contribution in [0.5, 0.6) is 11.5 Å². The normalized spacial score (nSPS) is 12.0. The van der Waals surface area contributed by atoms with Crippen molar-refractivity contribution in [3.05, 3.63) is 77.9 Å². The lowest BCUT2D eigenvalue weighted by atomic mass is 10.1. The van der Waals surface area contributed by atoms with Gasteiger partial charge in [0.05, 0.1) is 12.0 Å². The van der Waals surface area contributed by atoms with E-state index in [9.17, 15) is 13.2 Å². The van der Waals surface area contributed by atoms with Gasteiger partial charge in [0.15, 0.2) is 6.10 Å². The second-order valence-electron chi connectivity index (χ2n) is 7.35. The molecule has 8 heteroatoms. The number of methoxy groups -OCH3 is 1. The minimum atomic E-state index is -3.75. The van der Waals surface area contributed by atoms with Crippen molar-refractivity contribution in [2.45, 2.75) is 31.8 Å². The summed E-state index contributed by atoms with van der Waals surface area (Å²) in [5.41, 5.74) is 3.03. The zero-order valence-corrected chi connectivity index (χ0v) is 19.2. The molecule has 1 atom stereocenters. The molecule has 0 heterocycles. The number of anilines is 2. The highest BCUT2D eigenvalue weighted by Gasteiger charge is 2.17. The van der Waals surface area contributed by atoms with Gasteiger partial charge in [0.2, 0.25) is 0 Å². The van der Waals surface area contributed by atoms with E-state index in [-0.39, 0.29) is 10.8 Å². The Morgan fingerprint density at radius 2 is 1.44 bits per heavy atom. The fourth-order valence-electron chi connectivity index (χ4n) is 2.89. The maximum atomic E-state index is 12.7. The Morgan fingerprint density at radius 1 is 0.844 bits per heavy atom. The maximum absolute atomic E-state index is 12.7. The number of hydrogen-bond donors (Lipinski definition) is 2. The van der Waals surface area contributed by atoms with Crippen molar-refractivity contribution >= 4 is 27.3 Å². The number of aryl methyl sites for hydroxylation is 2. The van der Waals surface area contributed by atoms with Crippen LogP contribution in [0.3, 0.4) is 0 Å². The predicted molar refractivity (Wildman–Crippen MR) is 125 cm³/mol. The molecule has 0 spiro atoms. The summed E-state index contributed by atoms with van der Waals surface area (Å²) in [5.74, 6) is 0.869. The molecule has 7 nitrogen and oxygen atoms in total. The van der Waals surface area contributed by atoms with Crippen LogP contribution in [-0.2, 0) is 14.8 Å². The number of rotatable bonds is 8. The molecule has 3 aromatic carbocycles. The SMILES string of the molecule is COc1ccc(OC(C)C(=O)Nc2ccc(S(=O)(=O)Nc3ccc(C)c(C)c3)cc2)cc1. The zero-order valence-electron chi connectivity index (χ0n) is 18.4. The first-order chi connectivity index (χ1) is 15.2. The number of amides is 1. The van der Waals surface area contributed by atoms with E-state index in [0.717, 1.165) is 11.1 Å². The van der Waals surface area contributed by atoms with Crippen LogP contribution in [0.1, 0.15) is 18.1 Å². The summed E-state index contributed by atoms with van der Waals surface area (Å²) in [4.78, 5) is 12.5. The molecule has 0 bridgehead atoms. The van der Waals surface area contributed by atoms with E-state index in [0.29, 0.717) is 22.9 Å². The van der Waals surface area contributed by atoms with Crippen molar-refractivity contribution in [3.8, 4) is 11.5 Å². The monoisotopic (exact) mass is 454 g/mol. The third-order valence-electron chi connectivity index (χ3n) is 4.93. The molecule has 1 unspecified atom stereocenters.